The molecule has 24 heavy (non-hydrogen) atoms. The number of carbonyl (C=O) groups excluding carboxylic acids is 1. The molecule has 1 heterocycles. The molecule has 0 aliphatic heterocycles. The van der Waals surface area contributed by atoms with Crippen molar-refractivity contribution in [3.63, 3.8) is 0 Å². The highest BCUT2D eigenvalue weighted by molar-refractivity contribution is 6.15. The maximum absolute atomic E-state index is 12.8. The van der Waals surface area contributed by atoms with Crippen molar-refractivity contribution in [1.82, 2.24) is 4.98 Å². The number of aliphatic hydroxyl groups is 2. The first-order valence-electron chi connectivity index (χ1n) is 7.90. The summed E-state index contributed by atoms with van der Waals surface area (Å²) >= 11 is 0. The number of para-hydroxylation sites is 1. The Balaban J connectivity index is 2.09. The maximum Gasteiger partial charge on any atom is 0.172 e. The molecule has 0 saturated heterocycles. The Morgan fingerprint density at radius 2 is 1.92 bits per heavy atom. The van der Waals surface area contributed by atoms with E-state index in [-0.39, 0.29) is 5.78 Å². The number of benzene rings is 2. The van der Waals surface area contributed by atoms with Gasteiger partial charge in [-0.2, -0.15) is 0 Å². The number of ether oxygens (including phenoxy) is 1. The number of hydrogen-bond acceptors (Lipinski definition) is 4. The highest BCUT2D eigenvalue weighted by atomic mass is 16.5. The molecule has 0 amide bonds. The number of nitrogens with one attached hydrogen (secondary N) is 1. The molecule has 5 heteroatoms. The van der Waals surface area contributed by atoms with Crippen LogP contribution in [0.4, 0.5) is 0 Å². The van der Waals surface area contributed by atoms with Gasteiger partial charge in [-0.05, 0) is 26.0 Å². The van der Waals surface area contributed by atoms with E-state index in [1.807, 2.05) is 24.3 Å². The number of Topliss-reactive ketones (excluding diaryl/α,β-unsaturated/α-hetero) is 1. The molecule has 5 nitrogen and oxygen atoms in total. The van der Waals surface area contributed by atoms with Crippen molar-refractivity contribution in [2.45, 2.75) is 25.6 Å². The fourth-order valence-electron chi connectivity index (χ4n) is 3.87. The van der Waals surface area contributed by atoms with Gasteiger partial charge >= 0.3 is 0 Å². The van der Waals surface area contributed by atoms with E-state index in [1.165, 1.54) is 7.11 Å². The molecule has 3 N–H and O–H groups in total. The van der Waals surface area contributed by atoms with Gasteiger partial charge in [0.05, 0.1) is 30.2 Å². The van der Waals surface area contributed by atoms with Crippen molar-refractivity contribution < 1.29 is 19.7 Å². The number of aromatic amines is 1. The highest BCUT2D eigenvalue weighted by Gasteiger charge is 2.48. The van der Waals surface area contributed by atoms with Gasteiger partial charge in [0.2, 0.25) is 0 Å². The van der Waals surface area contributed by atoms with Crippen LogP contribution in [0, 0.1) is 5.92 Å². The minimum Gasteiger partial charge on any atom is -0.494 e. The van der Waals surface area contributed by atoms with Gasteiger partial charge in [0.15, 0.2) is 5.78 Å². The van der Waals surface area contributed by atoms with Gasteiger partial charge < -0.3 is 19.9 Å². The summed E-state index contributed by atoms with van der Waals surface area (Å²) in [5, 5.41) is 22.9. The Kier molecular flexibility index (Phi) is 3.04. The van der Waals surface area contributed by atoms with Crippen LogP contribution >= 0.6 is 0 Å². The van der Waals surface area contributed by atoms with Crippen LogP contribution < -0.4 is 4.74 Å². The van der Waals surface area contributed by atoms with Crippen molar-refractivity contribution >= 4 is 27.6 Å². The fraction of sp³-hybridized carbons (Fsp3) is 0.316. The number of hydrogen-bond donors (Lipinski definition) is 3. The second-order valence-corrected chi connectivity index (χ2v) is 6.90. The van der Waals surface area contributed by atoms with Gasteiger partial charge in [-0.15, -0.1) is 0 Å². The van der Waals surface area contributed by atoms with Crippen LogP contribution in [0.1, 0.15) is 35.9 Å². The molecule has 0 bridgehead atoms. The number of fused-ring (bicyclic) bond motifs is 4. The zero-order chi connectivity index (χ0) is 17.2. The number of rotatable bonds is 2. The molecule has 4 rings (SSSR count). The normalized spacial score (nSPS) is 20.8. The molecule has 0 saturated carbocycles. The molecule has 0 radical (unpaired) electrons. The Bertz CT molecular complexity index is 980. The van der Waals surface area contributed by atoms with Crippen molar-refractivity contribution in [2.75, 3.05) is 7.11 Å². The van der Waals surface area contributed by atoms with Crippen LogP contribution in [0.3, 0.4) is 0 Å². The van der Waals surface area contributed by atoms with Crippen LogP contribution in [-0.2, 0) is 0 Å². The average Bonchev–Trinajstić information content (AvgIpc) is 3.01. The Morgan fingerprint density at radius 1 is 1.21 bits per heavy atom. The molecule has 2 atom stereocenters. The van der Waals surface area contributed by atoms with Crippen LogP contribution in [0.15, 0.2) is 30.3 Å². The summed E-state index contributed by atoms with van der Waals surface area (Å²) < 4.78 is 5.55. The summed E-state index contributed by atoms with van der Waals surface area (Å²) in [6, 6.07) is 9.60. The standard InChI is InChI=1S/C19H19NO4/c1-19(2,23)14-16(21)11-8-10-9-6-4-5-7-12(9)20-15(10)18(24-3)13(11)17(14)22/h4-8,14,17,20,22-23H,1-3H3/t14-,17+/m0/s1. The second-order valence-electron chi connectivity index (χ2n) is 6.90. The van der Waals surface area contributed by atoms with E-state index in [4.69, 9.17) is 4.74 Å². The smallest absolute Gasteiger partial charge is 0.172 e. The second kappa shape index (κ2) is 4.82. The lowest BCUT2D eigenvalue weighted by Crippen LogP contribution is -2.37. The zero-order valence-electron chi connectivity index (χ0n) is 13.8. The van der Waals surface area contributed by atoms with Crippen molar-refractivity contribution in [3.8, 4) is 5.75 Å². The van der Waals surface area contributed by atoms with E-state index in [0.29, 0.717) is 16.9 Å². The molecule has 3 aromatic rings. The van der Waals surface area contributed by atoms with Crippen molar-refractivity contribution in [3.05, 3.63) is 41.5 Å². The monoisotopic (exact) mass is 325 g/mol. The van der Waals surface area contributed by atoms with Crippen LogP contribution in [-0.4, -0.2) is 33.7 Å². The van der Waals surface area contributed by atoms with Crippen molar-refractivity contribution in [1.29, 1.82) is 0 Å². The molecule has 2 aromatic carbocycles. The first kappa shape index (κ1) is 15.2. The molecular formula is C19H19NO4. The molecular weight excluding hydrogens is 306 g/mol. The molecule has 1 aromatic heterocycles. The van der Waals surface area contributed by atoms with E-state index in [0.717, 1.165) is 21.8 Å². The SMILES string of the molecule is COc1c2c(cc3c1[nH]c1ccccc13)C(=O)[C@H](C(C)(C)O)[C@@H]2O. The predicted octanol–water partition coefficient (Wildman–Crippen LogP) is 2.95. The number of aliphatic hydroxyl groups excluding tert-OH is 1. The first-order valence-corrected chi connectivity index (χ1v) is 7.90. The largest absolute Gasteiger partial charge is 0.494 e. The van der Waals surface area contributed by atoms with E-state index >= 15 is 0 Å². The van der Waals surface area contributed by atoms with Gasteiger partial charge in [0.25, 0.3) is 0 Å². The summed E-state index contributed by atoms with van der Waals surface area (Å²) in [5.74, 6) is -0.694. The quantitative estimate of drug-likeness (QED) is 0.676. The van der Waals surface area contributed by atoms with Gasteiger partial charge in [-0.1, -0.05) is 18.2 Å². The lowest BCUT2D eigenvalue weighted by molar-refractivity contribution is -0.0279. The summed E-state index contributed by atoms with van der Waals surface area (Å²) in [4.78, 5) is 16.1. The van der Waals surface area contributed by atoms with Crippen LogP contribution in [0.25, 0.3) is 21.8 Å². The van der Waals surface area contributed by atoms with E-state index in [1.54, 1.807) is 19.9 Å². The number of ketones is 1. The third-order valence-electron chi connectivity index (χ3n) is 4.92. The summed E-state index contributed by atoms with van der Waals surface area (Å²) in [5.41, 5.74) is 1.24. The molecule has 1 aliphatic carbocycles. The Morgan fingerprint density at radius 3 is 2.58 bits per heavy atom. The lowest BCUT2D eigenvalue weighted by atomic mass is 9.86. The molecule has 0 fully saturated rings. The van der Waals surface area contributed by atoms with Crippen molar-refractivity contribution in [2.24, 2.45) is 5.92 Å². The molecule has 0 unspecified atom stereocenters. The Hall–Kier alpha value is -2.37. The van der Waals surface area contributed by atoms with E-state index in [2.05, 4.69) is 4.98 Å². The number of carbonyl (C=O) groups is 1. The molecule has 124 valence electrons. The zero-order valence-corrected chi connectivity index (χ0v) is 13.8. The van der Waals surface area contributed by atoms with Crippen LogP contribution in [0.5, 0.6) is 5.75 Å². The third kappa shape index (κ3) is 1.85. The topological polar surface area (TPSA) is 82.6 Å². The summed E-state index contributed by atoms with van der Waals surface area (Å²) in [7, 11) is 1.52. The maximum atomic E-state index is 12.8. The third-order valence-corrected chi connectivity index (χ3v) is 4.92. The predicted molar refractivity (Wildman–Crippen MR) is 91.4 cm³/mol. The van der Waals surface area contributed by atoms with Gasteiger partial charge in [-0.3, -0.25) is 4.79 Å². The Labute approximate surface area is 138 Å². The molecule has 0 spiro atoms. The summed E-state index contributed by atoms with van der Waals surface area (Å²) in [6.45, 7) is 3.08. The van der Waals surface area contributed by atoms with E-state index < -0.39 is 17.6 Å². The van der Waals surface area contributed by atoms with Gasteiger partial charge in [0, 0.05) is 27.4 Å². The fourth-order valence-corrected chi connectivity index (χ4v) is 3.87. The minimum atomic E-state index is -1.32. The number of aromatic nitrogens is 1. The average molecular weight is 325 g/mol. The molecule has 1 aliphatic rings. The van der Waals surface area contributed by atoms with Crippen LogP contribution in [0.2, 0.25) is 0 Å². The summed E-state index contributed by atoms with van der Waals surface area (Å²) in [6.07, 6.45) is -1.10. The van der Waals surface area contributed by atoms with E-state index in [9.17, 15) is 15.0 Å². The van der Waals surface area contributed by atoms with Gasteiger partial charge in [-0.25, -0.2) is 0 Å². The lowest BCUT2D eigenvalue weighted by Gasteiger charge is -2.27. The number of methoxy groups -OCH3 is 1. The first-order chi connectivity index (χ1) is 11.3. The highest BCUT2D eigenvalue weighted by Crippen LogP contribution is 2.49. The minimum absolute atomic E-state index is 0.254. The van der Waals surface area contributed by atoms with Gasteiger partial charge in [0.1, 0.15) is 5.75 Å². The number of H-pyrrole nitrogens is 1.